The van der Waals surface area contributed by atoms with Gasteiger partial charge in [-0.05, 0) is 43.9 Å². The number of hydrogen-bond donors (Lipinski definition) is 0. The molecule has 0 N–H and O–H groups in total. The van der Waals surface area contributed by atoms with Crippen LogP contribution >= 0.6 is 11.8 Å². The maximum atomic E-state index is 12.9. The maximum Gasteiger partial charge on any atom is 0.196 e. The molecule has 0 unspecified atom stereocenters. The Labute approximate surface area is 171 Å². The second-order valence-electron chi connectivity index (χ2n) is 8.15. The van der Waals surface area contributed by atoms with Crippen LogP contribution in [0.15, 0.2) is 53.7 Å². The van der Waals surface area contributed by atoms with Crippen molar-refractivity contribution in [3.05, 3.63) is 71.0 Å². The summed E-state index contributed by atoms with van der Waals surface area (Å²) in [5.74, 6) is 0.905. The Morgan fingerprint density at radius 1 is 0.964 bits per heavy atom. The molecule has 5 heteroatoms. The molecule has 1 atom stereocenters. The second kappa shape index (κ2) is 7.92. The lowest BCUT2D eigenvalue weighted by Crippen LogP contribution is -2.16. The zero-order valence-electron chi connectivity index (χ0n) is 17.4. The van der Waals surface area contributed by atoms with Crippen LogP contribution in [-0.4, -0.2) is 25.8 Å². The Hall–Kier alpha value is -2.40. The monoisotopic (exact) mass is 393 g/mol. The van der Waals surface area contributed by atoms with Gasteiger partial charge < -0.3 is 0 Å². The van der Waals surface area contributed by atoms with Crippen LogP contribution in [0.1, 0.15) is 55.0 Å². The molecule has 0 radical (unpaired) electrons. The molecule has 0 spiro atoms. The third-order valence-electron chi connectivity index (χ3n) is 4.77. The molecule has 2 aromatic carbocycles. The predicted octanol–water partition coefficient (Wildman–Crippen LogP) is 5.55. The van der Waals surface area contributed by atoms with Crippen LogP contribution in [-0.2, 0) is 5.41 Å². The van der Waals surface area contributed by atoms with Crippen molar-refractivity contribution >= 4 is 17.5 Å². The first-order valence-corrected chi connectivity index (χ1v) is 10.4. The van der Waals surface area contributed by atoms with Crippen molar-refractivity contribution in [2.24, 2.45) is 0 Å². The molecule has 1 aromatic heterocycles. The summed E-state index contributed by atoms with van der Waals surface area (Å²) in [6.07, 6.45) is 0. The second-order valence-corrected chi connectivity index (χ2v) is 9.46. The van der Waals surface area contributed by atoms with Crippen LogP contribution in [0.25, 0.3) is 5.69 Å². The predicted molar refractivity (Wildman–Crippen MR) is 116 cm³/mol. The first-order chi connectivity index (χ1) is 13.2. The van der Waals surface area contributed by atoms with Crippen LogP contribution in [0, 0.1) is 13.8 Å². The first kappa shape index (κ1) is 20.3. The largest absolute Gasteiger partial charge is 0.293 e. The highest BCUT2D eigenvalue weighted by molar-refractivity contribution is 8.00. The molecule has 3 aromatic rings. The van der Waals surface area contributed by atoms with Gasteiger partial charge in [-0.3, -0.25) is 9.36 Å². The van der Waals surface area contributed by atoms with E-state index in [-0.39, 0.29) is 16.4 Å². The van der Waals surface area contributed by atoms with Crippen LogP contribution in [0.5, 0.6) is 0 Å². The van der Waals surface area contributed by atoms with E-state index in [1.54, 1.807) is 0 Å². The van der Waals surface area contributed by atoms with Crippen molar-refractivity contribution < 1.29 is 4.79 Å². The Morgan fingerprint density at radius 2 is 1.57 bits per heavy atom. The number of rotatable bonds is 5. The molecular weight excluding hydrogens is 366 g/mol. The van der Waals surface area contributed by atoms with Gasteiger partial charge in [0.25, 0.3) is 0 Å². The van der Waals surface area contributed by atoms with E-state index in [4.69, 9.17) is 0 Å². The lowest BCUT2D eigenvalue weighted by atomic mass is 9.86. The van der Waals surface area contributed by atoms with Crippen molar-refractivity contribution in [1.29, 1.82) is 0 Å². The van der Waals surface area contributed by atoms with Crippen molar-refractivity contribution in [3.8, 4) is 5.69 Å². The number of carbonyl (C=O) groups excluding carboxylic acids is 1. The molecule has 0 aliphatic rings. The zero-order valence-corrected chi connectivity index (χ0v) is 18.2. The summed E-state index contributed by atoms with van der Waals surface area (Å²) >= 11 is 1.44. The normalized spacial score (nSPS) is 12.8. The molecule has 0 amide bonds. The fraction of sp³-hybridized carbons (Fsp3) is 0.348. The fourth-order valence-electron chi connectivity index (χ4n) is 2.99. The van der Waals surface area contributed by atoms with Gasteiger partial charge in [0.1, 0.15) is 5.82 Å². The Kier molecular flexibility index (Phi) is 5.75. The smallest absolute Gasteiger partial charge is 0.196 e. The van der Waals surface area contributed by atoms with E-state index in [0.717, 1.165) is 22.2 Å². The number of ketones is 1. The molecule has 0 saturated carbocycles. The summed E-state index contributed by atoms with van der Waals surface area (Å²) in [6.45, 7) is 12.4. The topological polar surface area (TPSA) is 47.8 Å². The Bertz CT molecular complexity index is 967. The molecule has 0 aliphatic carbocycles. The molecule has 4 nitrogen and oxygen atoms in total. The summed E-state index contributed by atoms with van der Waals surface area (Å²) in [4.78, 5) is 12.9. The summed E-state index contributed by atoms with van der Waals surface area (Å²) in [5, 5.41) is 8.99. The number of carbonyl (C=O) groups is 1. The minimum absolute atomic E-state index is 0.0733. The summed E-state index contributed by atoms with van der Waals surface area (Å²) in [6, 6.07) is 16.2. The minimum atomic E-state index is -0.256. The molecular formula is C23H27N3OS. The molecule has 0 bridgehead atoms. The number of thioether (sulfide) groups is 1. The van der Waals surface area contributed by atoms with E-state index in [2.05, 4.69) is 50.0 Å². The van der Waals surface area contributed by atoms with Crippen LogP contribution < -0.4 is 0 Å². The van der Waals surface area contributed by atoms with Gasteiger partial charge in [-0.25, -0.2) is 0 Å². The molecule has 1 heterocycles. The number of hydrogen-bond acceptors (Lipinski definition) is 4. The van der Waals surface area contributed by atoms with Crippen molar-refractivity contribution in [3.63, 3.8) is 0 Å². The highest BCUT2D eigenvalue weighted by Crippen LogP contribution is 2.28. The number of benzene rings is 2. The number of aromatic nitrogens is 3. The lowest BCUT2D eigenvalue weighted by Gasteiger charge is -2.19. The molecule has 0 saturated heterocycles. The first-order valence-electron chi connectivity index (χ1n) is 9.47. The molecule has 0 fully saturated rings. The van der Waals surface area contributed by atoms with Gasteiger partial charge in [0.15, 0.2) is 10.9 Å². The van der Waals surface area contributed by atoms with Crippen molar-refractivity contribution in [2.45, 2.75) is 57.4 Å². The molecule has 0 aliphatic heterocycles. The highest BCUT2D eigenvalue weighted by Gasteiger charge is 2.22. The Balaban J connectivity index is 1.81. The van der Waals surface area contributed by atoms with Gasteiger partial charge in [0, 0.05) is 11.3 Å². The molecule has 3 rings (SSSR count). The maximum absolute atomic E-state index is 12.9. The van der Waals surface area contributed by atoms with E-state index >= 15 is 0 Å². The summed E-state index contributed by atoms with van der Waals surface area (Å²) in [7, 11) is 0. The van der Waals surface area contributed by atoms with Gasteiger partial charge in [0.2, 0.25) is 0 Å². The standard InChI is InChI=1S/C23H27N3OS/c1-15-7-13-20(14-8-15)26-17(3)24-25-22(26)28-16(2)21(27)18-9-11-19(12-10-18)23(4,5)6/h7-14,16H,1-6H3/t16-/m0/s1. The minimum Gasteiger partial charge on any atom is -0.293 e. The van der Waals surface area contributed by atoms with Gasteiger partial charge in [0.05, 0.1) is 5.25 Å². The lowest BCUT2D eigenvalue weighted by molar-refractivity contribution is 0.0994. The van der Waals surface area contributed by atoms with E-state index in [0.29, 0.717) is 0 Å². The Morgan fingerprint density at radius 3 is 2.14 bits per heavy atom. The molecule has 146 valence electrons. The van der Waals surface area contributed by atoms with Gasteiger partial charge >= 0.3 is 0 Å². The third-order valence-corrected chi connectivity index (χ3v) is 5.82. The van der Waals surface area contributed by atoms with Crippen LogP contribution in [0.3, 0.4) is 0 Å². The summed E-state index contributed by atoms with van der Waals surface area (Å²) < 4.78 is 2.00. The van der Waals surface area contributed by atoms with Gasteiger partial charge in [-0.15, -0.1) is 10.2 Å². The van der Waals surface area contributed by atoms with Gasteiger partial charge in [-0.1, -0.05) is 74.5 Å². The quantitative estimate of drug-likeness (QED) is 0.421. The number of Topliss-reactive ketones (excluding diaryl/α,β-unsaturated/α-hetero) is 1. The van der Waals surface area contributed by atoms with Crippen LogP contribution in [0.2, 0.25) is 0 Å². The molecule has 28 heavy (non-hydrogen) atoms. The average Bonchev–Trinajstić information content (AvgIpc) is 3.01. The average molecular weight is 394 g/mol. The third kappa shape index (κ3) is 4.36. The van der Waals surface area contributed by atoms with Crippen molar-refractivity contribution in [2.75, 3.05) is 0 Å². The van der Waals surface area contributed by atoms with Gasteiger partial charge in [-0.2, -0.15) is 0 Å². The number of aryl methyl sites for hydroxylation is 2. The number of nitrogens with zero attached hydrogens (tertiary/aromatic N) is 3. The summed E-state index contributed by atoms with van der Waals surface area (Å²) in [5.41, 5.74) is 4.23. The fourth-order valence-corrected chi connectivity index (χ4v) is 3.98. The van der Waals surface area contributed by atoms with E-state index < -0.39 is 0 Å². The highest BCUT2D eigenvalue weighted by atomic mass is 32.2. The SMILES string of the molecule is Cc1ccc(-n2c(C)nnc2S[C@@H](C)C(=O)c2ccc(C(C)(C)C)cc2)cc1. The van der Waals surface area contributed by atoms with Crippen molar-refractivity contribution in [1.82, 2.24) is 14.8 Å². The van der Waals surface area contributed by atoms with Crippen LogP contribution in [0.4, 0.5) is 0 Å². The zero-order chi connectivity index (χ0) is 20.5. The van der Waals surface area contributed by atoms with E-state index in [1.165, 1.54) is 22.9 Å². The van der Waals surface area contributed by atoms with E-state index in [9.17, 15) is 4.79 Å². The van der Waals surface area contributed by atoms with E-state index in [1.807, 2.05) is 54.8 Å².